The van der Waals surface area contributed by atoms with E-state index in [-0.39, 0.29) is 17.3 Å². The highest BCUT2D eigenvalue weighted by atomic mass is 32.2. The quantitative estimate of drug-likeness (QED) is 0.494. The molecule has 0 bridgehead atoms. The first-order valence-electron chi connectivity index (χ1n) is 10.3. The lowest BCUT2D eigenvalue weighted by molar-refractivity contribution is -0.121. The molecule has 1 aliphatic heterocycles. The number of nitrogens with zero attached hydrogens (tertiary/aromatic N) is 3. The second kappa shape index (κ2) is 9.98. The van der Waals surface area contributed by atoms with Gasteiger partial charge in [-0.05, 0) is 45.7 Å². The predicted molar refractivity (Wildman–Crippen MR) is 119 cm³/mol. The number of piperidine rings is 1. The third-order valence-electron chi connectivity index (χ3n) is 5.24. The normalized spacial score (nSPS) is 15.3. The lowest BCUT2D eigenvalue weighted by Crippen LogP contribution is -2.36. The maximum atomic E-state index is 13.1. The van der Waals surface area contributed by atoms with Crippen LogP contribution in [0.5, 0.6) is 0 Å². The highest BCUT2D eigenvalue weighted by Crippen LogP contribution is 2.26. The summed E-state index contributed by atoms with van der Waals surface area (Å²) < 4.78 is 29.2. The zero-order valence-electron chi connectivity index (χ0n) is 17.8. The second-order valence-corrected chi connectivity index (χ2v) is 10.7. The first-order chi connectivity index (χ1) is 14.3. The number of nitrogens with one attached hydrogen (secondary N) is 1. The van der Waals surface area contributed by atoms with Gasteiger partial charge in [-0.15, -0.1) is 11.8 Å². The van der Waals surface area contributed by atoms with Crippen LogP contribution in [0.3, 0.4) is 0 Å². The van der Waals surface area contributed by atoms with Crippen LogP contribution in [0, 0.1) is 20.8 Å². The molecule has 0 radical (unpaired) electrons. The zero-order chi connectivity index (χ0) is 21.7. The fourth-order valence-corrected chi connectivity index (χ4v) is 6.29. The Bertz CT molecular complexity index is 978. The fourth-order valence-electron chi connectivity index (χ4n) is 3.63. The Kier molecular flexibility index (Phi) is 7.60. The van der Waals surface area contributed by atoms with Crippen LogP contribution in [0.15, 0.2) is 34.1 Å². The van der Waals surface area contributed by atoms with E-state index < -0.39 is 10.0 Å². The molecule has 3 rings (SSSR count). The highest BCUT2D eigenvalue weighted by molar-refractivity contribution is 7.99. The van der Waals surface area contributed by atoms with Gasteiger partial charge in [0.15, 0.2) is 0 Å². The molecule has 0 spiro atoms. The molecule has 2 heterocycles. The molecule has 2 aromatic rings. The van der Waals surface area contributed by atoms with E-state index in [1.165, 1.54) is 15.1 Å². The first-order valence-corrected chi connectivity index (χ1v) is 12.7. The molecule has 1 aromatic carbocycles. The van der Waals surface area contributed by atoms with Crippen molar-refractivity contribution < 1.29 is 13.2 Å². The molecule has 0 saturated carbocycles. The van der Waals surface area contributed by atoms with E-state index in [0.29, 0.717) is 31.0 Å². The number of carbonyl (C=O) groups is 1. The number of amides is 1. The van der Waals surface area contributed by atoms with E-state index in [1.54, 1.807) is 29.9 Å². The predicted octanol–water partition coefficient (Wildman–Crippen LogP) is 2.89. The van der Waals surface area contributed by atoms with Crippen LogP contribution in [-0.4, -0.2) is 53.8 Å². The smallest absolute Gasteiger partial charge is 0.246 e. The second-order valence-electron chi connectivity index (χ2n) is 7.63. The summed E-state index contributed by atoms with van der Waals surface area (Å²) >= 11 is 1.68. The summed E-state index contributed by atoms with van der Waals surface area (Å²) in [5, 5.41) is 7.23. The maximum absolute atomic E-state index is 13.1. The van der Waals surface area contributed by atoms with Gasteiger partial charge in [0, 0.05) is 30.3 Å². The molecular weight excluding hydrogens is 420 g/mol. The van der Waals surface area contributed by atoms with Crippen molar-refractivity contribution in [3.63, 3.8) is 0 Å². The zero-order valence-corrected chi connectivity index (χ0v) is 19.5. The Labute approximate surface area is 183 Å². The van der Waals surface area contributed by atoms with Gasteiger partial charge in [-0.2, -0.15) is 9.40 Å². The molecule has 0 atom stereocenters. The monoisotopic (exact) mass is 450 g/mol. The van der Waals surface area contributed by atoms with Crippen LogP contribution in [0.25, 0.3) is 0 Å². The van der Waals surface area contributed by atoms with Gasteiger partial charge < -0.3 is 5.32 Å². The first kappa shape index (κ1) is 22.8. The third-order valence-corrected chi connectivity index (χ3v) is 8.40. The molecule has 9 heteroatoms. The number of hydrogen-bond acceptors (Lipinski definition) is 5. The number of hydrogen-bond donors (Lipinski definition) is 1. The van der Waals surface area contributed by atoms with Crippen molar-refractivity contribution in [1.82, 2.24) is 19.4 Å². The molecule has 1 fully saturated rings. The van der Waals surface area contributed by atoms with Crippen molar-refractivity contribution in [2.75, 3.05) is 25.4 Å². The van der Waals surface area contributed by atoms with Gasteiger partial charge >= 0.3 is 0 Å². The van der Waals surface area contributed by atoms with Crippen LogP contribution in [-0.2, 0) is 21.4 Å². The minimum absolute atomic E-state index is 0.0113. The van der Waals surface area contributed by atoms with Crippen LogP contribution in [0.2, 0.25) is 0 Å². The Morgan fingerprint density at radius 3 is 2.43 bits per heavy atom. The summed E-state index contributed by atoms with van der Waals surface area (Å²) in [7, 11) is -3.58. The SMILES string of the molecule is Cc1ccc(SCCNC(=O)Cn2nc(C)c(S(=O)(=O)N3CCCCC3)c2C)cc1. The number of benzene rings is 1. The molecule has 30 heavy (non-hydrogen) atoms. The Morgan fingerprint density at radius 2 is 1.77 bits per heavy atom. The standard InChI is InChI=1S/C21H30N4O3S2/c1-16-7-9-19(10-8-16)29-14-11-22-20(26)15-25-18(3)21(17(2)23-25)30(27,28)24-12-5-4-6-13-24/h7-10H,4-6,11-15H2,1-3H3,(H,22,26). The van der Waals surface area contributed by atoms with E-state index in [2.05, 4.69) is 41.6 Å². The Morgan fingerprint density at radius 1 is 1.10 bits per heavy atom. The van der Waals surface area contributed by atoms with E-state index in [1.807, 2.05) is 0 Å². The molecule has 164 valence electrons. The fraction of sp³-hybridized carbons (Fsp3) is 0.524. The van der Waals surface area contributed by atoms with Gasteiger partial charge in [0.1, 0.15) is 11.4 Å². The highest BCUT2D eigenvalue weighted by Gasteiger charge is 2.31. The number of rotatable bonds is 8. The van der Waals surface area contributed by atoms with Gasteiger partial charge in [0.2, 0.25) is 15.9 Å². The van der Waals surface area contributed by atoms with Gasteiger partial charge in [0.05, 0.1) is 11.4 Å². The molecule has 1 saturated heterocycles. The number of carbonyl (C=O) groups excluding carboxylic acids is 1. The summed E-state index contributed by atoms with van der Waals surface area (Å²) in [6.45, 7) is 7.11. The summed E-state index contributed by atoms with van der Waals surface area (Å²) in [5.74, 6) is 0.590. The topological polar surface area (TPSA) is 84.3 Å². The van der Waals surface area contributed by atoms with E-state index >= 15 is 0 Å². The number of aromatic nitrogens is 2. The molecule has 1 N–H and O–H groups in total. The molecular formula is C21H30N4O3S2. The van der Waals surface area contributed by atoms with Crippen LogP contribution in [0.4, 0.5) is 0 Å². The summed E-state index contributed by atoms with van der Waals surface area (Å²) in [5.41, 5.74) is 2.18. The van der Waals surface area contributed by atoms with Crippen LogP contribution < -0.4 is 5.32 Å². The van der Waals surface area contributed by atoms with Crippen LogP contribution >= 0.6 is 11.8 Å². The third kappa shape index (κ3) is 5.44. The minimum Gasteiger partial charge on any atom is -0.354 e. The van der Waals surface area contributed by atoms with Gasteiger partial charge in [-0.1, -0.05) is 24.1 Å². The van der Waals surface area contributed by atoms with Crippen molar-refractivity contribution in [3.05, 3.63) is 41.2 Å². The molecule has 0 unspecified atom stereocenters. The summed E-state index contributed by atoms with van der Waals surface area (Å²) in [4.78, 5) is 13.8. The molecule has 0 aliphatic carbocycles. The van der Waals surface area contributed by atoms with E-state index in [0.717, 1.165) is 25.0 Å². The Balaban J connectivity index is 1.56. The van der Waals surface area contributed by atoms with Crippen molar-refractivity contribution >= 4 is 27.7 Å². The number of thioether (sulfide) groups is 1. The van der Waals surface area contributed by atoms with Gasteiger partial charge in [0.25, 0.3) is 0 Å². The van der Waals surface area contributed by atoms with Crippen molar-refractivity contribution in [2.24, 2.45) is 0 Å². The van der Waals surface area contributed by atoms with Crippen molar-refractivity contribution in [3.8, 4) is 0 Å². The van der Waals surface area contributed by atoms with Gasteiger partial charge in [-0.25, -0.2) is 8.42 Å². The van der Waals surface area contributed by atoms with Crippen molar-refractivity contribution in [1.29, 1.82) is 0 Å². The van der Waals surface area contributed by atoms with Gasteiger partial charge in [-0.3, -0.25) is 9.48 Å². The molecule has 1 aliphatic rings. The Hall–Kier alpha value is -1.84. The minimum atomic E-state index is -3.58. The summed E-state index contributed by atoms with van der Waals surface area (Å²) in [6, 6.07) is 8.28. The molecule has 1 aromatic heterocycles. The lowest BCUT2D eigenvalue weighted by Gasteiger charge is -2.25. The largest absolute Gasteiger partial charge is 0.354 e. The van der Waals surface area contributed by atoms with E-state index in [9.17, 15) is 13.2 Å². The lowest BCUT2D eigenvalue weighted by atomic mass is 10.2. The number of sulfonamides is 1. The van der Waals surface area contributed by atoms with Crippen LogP contribution in [0.1, 0.15) is 36.2 Å². The summed E-state index contributed by atoms with van der Waals surface area (Å²) in [6.07, 6.45) is 2.83. The molecule has 7 nitrogen and oxygen atoms in total. The number of aryl methyl sites for hydroxylation is 2. The van der Waals surface area contributed by atoms with E-state index in [4.69, 9.17) is 0 Å². The maximum Gasteiger partial charge on any atom is 0.246 e. The average molecular weight is 451 g/mol. The molecule has 1 amide bonds. The van der Waals surface area contributed by atoms with Crippen molar-refractivity contribution in [2.45, 2.75) is 56.4 Å². The average Bonchev–Trinajstić information content (AvgIpc) is 3.00.